The molecule has 6 nitrogen and oxygen atoms in total. The Morgan fingerprint density at radius 1 is 1.26 bits per heavy atom. The standard InChI is InChI=1S/C13H17N5O/c19-13(12-4-8-17-18-12)16-7-2-6-15-10-11-3-1-5-14-9-11/h1,3-5,8-9,15H,2,6-7,10H2,(H,16,19)(H,17,18). The molecule has 0 aromatic carbocycles. The van der Waals surface area contributed by atoms with Crippen LogP contribution in [0.3, 0.4) is 0 Å². The highest BCUT2D eigenvalue weighted by atomic mass is 16.1. The third kappa shape index (κ3) is 4.51. The monoisotopic (exact) mass is 259 g/mol. The van der Waals surface area contributed by atoms with Crippen LogP contribution < -0.4 is 10.6 Å². The van der Waals surface area contributed by atoms with Crippen LogP contribution in [-0.2, 0) is 6.54 Å². The van der Waals surface area contributed by atoms with Crippen molar-refractivity contribution in [1.29, 1.82) is 0 Å². The van der Waals surface area contributed by atoms with Gasteiger partial charge in [-0.05, 0) is 30.7 Å². The van der Waals surface area contributed by atoms with Crippen molar-refractivity contribution in [3.8, 4) is 0 Å². The number of hydrogen-bond acceptors (Lipinski definition) is 4. The molecule has 6 heteroatoms. The van der Waals surface area contributed by atoms with Crippen molar-refractivity contribution in [2.24, 2.45) is 0 Å². The zero-order chi connectivity index (χ0) is 13.3. The van der Waals surface area contributed by atoms with Crippen LogP contribution in [-0.4, -0.2) is 34.2 Å². The van der Waals surface area contributed by atoms with E-state index in [1.54, 1.807) is 18.5 Å². The number of rotatable bonds is 7. The van der Waals surface area contributed by atoms with Crippen LogP contribution in [0, 0.1) is 0 Å². The normalized spacial score (nSPS) is 10.3. The second-order valence-electron chi connectivity index (χ2n) is 4.12. The van der Waals surface area contributed by atoms with E-state index >= 15 is 0 Å². The third-order valence-corrected chi connectivity index (χ3v) is 2.61. The molecular formula is C13H17N5O. The quantitative estimate of drug-likeness (QED) is 0.640. The highest BCUT2D eigenvalue weighted by Crippen LogP contribution is 1.94. The van der Waals surface area contributed by atoms with Gasteiger partial charge < -0.3 is 10.6 Å². The molecule has 19 heavy (non-hydrogen) atoms. The zero-order valence-corrected chi connectivity index (χ0v) is 10.6. The summed E-state index contributed by atoms with van der Waals surface area (Å²) in [6.07, 6.45) is 6.03. The summed E-state index contributed by atoms with van der Waals surface area (Å²) in [4.78, 5) is 15.6. The van der Waals surface area contributed by atoms with E-state index in [-0.39, 0.29) is 5.91 Å². The fraction of sp³-hybridized carbons (Fsp3) is 0.308. The smallest absolute Gasteiger partial charge is 0.269 e. The summed E-state index contributed by atoms with van der Waals surface area (Å²) in [5.74, 6) is -0.121. The minimum atomic E-state index is -0.121. The summed E-state index contributed by atoms with van der Waals surface area (Å²) in [6.45, 7) is 2.28. The van der Waals surface area contributed by atoms with Gasteiger partial charge in [-0.3, -0.25) is 14.9 Å². The summed E-state index contributed by atoms with van der Waals surface area (Å²) in [5.41, 5.74) is 1.65. The van der Waals surface area contributed by atoms with Gasteiger partial charge in [0.25, 0.3) is 5.91 Å². The molecule has 0 bridgehead atoms. The van der Waals surface area contributed by atoms with Gasteiger partial charge in [0.15, 0.2) is 0 Å². The van der Waals surface area contributed by atoms with Gasteiger partial charge in [-0.15, -0.1) is 0 Å². The van der Waals surface area contributed by atoms with Gasteiger partial charge in [-0.2, -0.15) is 5.10 Å². The molecule has 0 unspecified atom stereocenters. The van der Waals surface area contributed by atoms with Gasteiger partial charge in [0.2, 0.25) is 0 Å². The molecule has 2 heterocycles. The Bertz CT molecular complexity index is 483. The Labute approximate surface area is 111 Å². The first-order valence-corrected chi connectivity index (χ1v) is 6.23. The van der Waals surface area contributed by atoms with E-state index in [0.717, 1.165) is 25.1 Å². The Morgan fingerprint density at radius 3 is 2.95 bits per heavy atom. The fourth-order valence-corrected chi connectivity index (χ4v) is 1.63. The largest absolute Gasteiger partial charge is 0.351 e. The Kier molecular flexibility index (Phi) is 5.06. The van der Waals surface area contributed by atoms with Crippen LogP contribution in [0.1, 0.15) is 22.5 Å². The highest BCUT2D eigenvalue weighted by molar-refractivity contribution is 5.91. The molecular weight excluding hydrogens is 242 g/mol. The topological polar surface area (TPSA) is 82.7 Å². The van der Waals surface area contributed by atoms with Gasteiger partial charge in [0.1, 0.15) is 5.69 Å². The maximum Gasteiger partial charge on any atom is 0.269 e. The molecule has 0 saturated carbocycles. The highest BCUT2D eigenvalue weighted by Gasteiger charge is 2.04. The zero-order valence-electron chi connectivity index (χ0n) is 10.6. The average molecular weight is 259 g/mol. The van der Waals surface area contributed by atoms with E-state index in [0.29, 0.717) is 12.2 Å². The first kappa shape index (κ1) is 13.2. The fourth-order valence-electron chi connectivity index (χ4n) is 1.63. The number of aromatic amines is 1. The average Bonchev–Trinajstić information content (AvgIpc) is 2.98. The van der Waals surface area contributed by atoms with E-state index in [1.165, 1.54) is 0 Å². The molecule has 100 valence electrons. The van der Waals surface area contributed by atoms with Crippen LogP contribution >= 0.6 is 0 Å². The lowest BCUT2D eigenvalue weighted by molar-refractivity contribution is 0.0948. The number of carbonyl (C=O) groups is 1. The number of carbonyl (C=O) groups excluding carboxylic acids is 1. The van der Waals surface area contributed by atoms with Crippen molar-refractivity contribution in [2.45, 2.75) is 13.0 Å². The molecule has 1 amide bonds. The van der Waals surface area contributed by atoms with Crippen LogP contribution in [0.2, 0.25) is 0 Å². The molecule has 0 aliphatic rings. The molecule has 0 radical (unpaired) electrons. The number of aromatic nitrogens is 3. The van der Waals surface area contributed by atoms with Crippen molar-refractivity contribution < 1.29 is 4.79 Å². The lowest BCUT2D eigenvalue weighted by atomic mass is 10.3. The minimum Gasteiger partial charge on any atom is -0.351 e. The Morgan fingerprint density at radius 2 is 2.21 bits per heavy atom. The SMILES string of the molecule is O=C(NCCCNCc1cccnc1)c1ccn[nH]1. The van der Waals surface area contributed by atoms with E-state index in [2.05, 4.69) is 25.8 Å². The first-order chi connectivity index (χ1) is 9.36. The first-order valence-electron chi connectivity index (χ1n) is 6.23. The lowest BCUT2D eigenvalue weighted by Crippen LogP contribution is -2.27. The lowest BCUT2D eigenvalue weighted by Gasteiger charge is -2.05. The molecule has 0 fully saturated rings. The van der Waals surface area contributed by atoms with E-state index in [1.807, 2.05) is 18.3 Å². The summed E-state index contributed by atoms with van der Waals surface area (Å²) in [6, 6.07) is 5.59. The number of nitrogens with one attached hydrogen (secondary N) is 3. The van der Waals surface area contributed by atoms with Crippen molar-refractivity contribution in [1.82, 2.24) is 25.8 Å². The predicted molar refractivity (Wildman–Crippen MR) is 71.5 cm³/mol. The summed E-state index contributed by atoms with van der Waals surface area (Å²) in [5, 5.41) is 12.5. The van der Waals surface area contributed by atoms with E-state index in [4.69, 9.17) is 0 Å². The summed E-state index contributed by atoms with van der Waals surface area (Å²) < 4.78 is 0. The van der Waals surface area contributed by atoms with Crippen molar-refractivity contribution >= 4 is 5.91 Å². The maximum absolute atomic E-state index is 11.5. The Balaban J connectivity index is 1.54. The van der Waals surface area contributed by atoms with Crippen molar-refractivity contribution in [2.75, 3.05) is 13.1 Å². The molecule has 0 aliphatic carbocycles. The van der Waals surface area contributed by atoms with Gasteiger partial charge >= 0.3 is 0 Å². The molecule has 0 atom stereocenters. The molecule has 0 aliphatic heterocycles. The van der Waals surface area contributed by atoms with Gasteiger partial charge in [0, 0.05) is 31.7 Å². The van der Waals surface area contributed by atoms with E-state index in [9.17, 15) is 4.79 Å². The minimum absolute atomic E-state index is 0.121. The number of amides is 1. The second-order valence-corrected chi connectivity index (χ2v) is 4.12. The van der Waals surface area contributed by atoms with Crippen molar-refractivity contribution in [3.05, 3.63) is 48.0 Å². The van der Waals surface area contributed by atoms with Gasteiger partial charge in [0.05, 0.1) is 0 Å². The van der Waals surface area contributed by atoms with Crippen molar-refractivity contribution in [3.63, 3.8) is 0 Å². The number of hydrogen-bond donors (Lipinski definition) is 3. The Hall–Kier alpha value is -2.21. The molecule has 3 N–H and O–H groups in total. The summed E-state index contributed by atoms with van der Waals surface area (Å²) >= 11 is 0. The number of pyridine rings is 1. The third-order valence-electron chi connectivity index (χ3n) is 2.61. The van der Waals surface area contributed by atoms with E-state index < -0.39 is 0 Å². The molecule has 2 aromatic rings. The van der Waals surface area contributed by atoms with Crippen LogP contribution in [0.5, 0.6) is 0 Å². The van der Waals surface area contributed by atoms with Crippen LogP contribution in [0.15, 0.2) is 36.8 Å². The van der Waals surface area contributed by atoms with Gasteiger partial charge in [-0.25, -0.2) is 0 Å². The number of H-pyrrole nitrogens is 1. The maximum atomic E-state index is 11.5. The summed E-state index contributed by atoms with van der Waals surface area (Å²) in [7, 11) is 0. The van der Waals surface area contributed by atoms with Crippen LogP contribution in [0.4, 0.5) is 0 Å². The van der Waals surface area contributed by atoms with Gasteiger partial charge in [-0.1, -0.05) is 6.07 Å². The molecule has 0 saturated heterocycles. The molecule has 2 aromatic heterocycles. The number of nitrogens with zero attached hydrogens (tertiary/aromatic N) is 2. The second kappa shape index (κ2) is 7.27. The molecule has 0 spiro atoms. The molecule has 2 rings (SSSR count). The predicted octanol–water partition coefficient (Wildman–Crippen LogP) is 0.714. The van der Waals surface area contributed by atoms with Crippen LogP contribution in [0.25, 0.3) is 0 Å².